The van der Waals surface area contributed by atoms with Gasteiger partial charge < -0.3 is 20.0 Å². The summed E-state index contributed by atoms with van der Waals surface area (Å²) < 4.78 is 0. The third-order valence-corrected chi connectivity index (χ3v) is 5.65. The van der Waals surface area contributed by atoms with Crippen LogP contribution in [0.25, 0.3) is 0 Å². The number of piperidine rings is 1. The van der Waals surface area contributed by atoms with Gasteiger partial charge in [0.15, 0.2) is 0 Å². The summed E-state index contributed by atoms with van der Waals surface area (Å²) in [4.78, 5) is 31.2. The highest BCUT2D eigenvalue weighted by molar-refractivity contribution is 5.94. The molecule has 2 saturated heterocycles. The molecule has 2 heterocycles. The van der Waals surface area contributed by atoms with E-state index in [1.165, 1.54) is 6.42 Å². The van der Waals surface area contributed by atoms with E-state index in [0.29, 0.717) is 13.1 Å². The molecule has 1 aromatic carbocycles. The normalized spacial score (nSPS) is 20.7. The molecule has 6 nitrogen and oxygen atoms in total. The van der Waals surface area contributed by atoms with Crippen LogP contribution in [0.1, 0.15) is 43.0 Å². The summed E-state index contributed by atoms with van der Waals surface area (Å²) in [5, 5.41) is 3.11. The average molecular weight is 373 g/mol. The van der Waals surface area contributed by atoms with Crippen LogP contribution in [-0.4, -0.2) is 74.0 Å². The van der Waals surface area contributed by atoms with Gasteiger partial charge in [-0.15, -0.1) is 0 Å². The summed E-state index contributed by atoms with van der Waals surface area (Å²) in [5.41, 5.74) is 1.87. The lowest BCUT2D eigenvalue weighted by atomic mass is 10.0. The fourth-order valence-corrected chi connectivity index (χ4v) is 3.97. The fourth-order valence-electron chi connectivity index (χ4n) is 3.97. The number of nitrogens with zero attached hydrogens (tertiary/aromatic N) is 3. The van der Waals surface area contributed by atoms with E-state index in [2.05, 4.69) is 24.2 Å². The van der Waals surface area contributed by atoms with Crippen LogP contribution in [0.5, 0.6) is 0 Å². The molecule has 27 heavy (non-hydrogen) atoms. The summed E-state index contributed by atoms with van der Waals surface area (Å²) in [6, 6.07) is 8.07. The molecule has 0 spiro atoms. The van der Waals surface area contributed by atoms with Gasteiger partial charge in [-0.1, -0.05) is 13.3 Å². The number of likely N-dealkylation sites (tertiary alicyclic amines) is 1. The minimum atomic E-state index is 0.0741. The second-order valence-corrected chi connectivity index (χ2v) is 7.63. The largest absolute Gasteiger partial charge is 0.375 e. The molecule has 0 radical (unpaired) electrons. The Morgan fingerprint density at radius 3 is 2.74 bits per heavy atom. The van der Waals surface area contributed by atoms with Gasteiger partial charge in [0, 0.05) is 57.1 Å². The van der Waals surface area contributed by atoms with Crippen molar-refractivity contribution >= 4 is 17.5 Å². The van der Waals surface area contributed by atoms with Crippen molar-refractivity contribution in [1.82, 2.24) is 15.1 Å². The molecule has 1 atom stereocenters. The van der Waals surface area contributed by atoms with Crippen molar-refractivity contribution in [3.8, 4) is 0 Å². The van der Waals surface area contributed by atoms with Gasteiger partial charge in [-0.3, -0.25) is 9.59 Å². The van der Waals surface area contributed by atoms with Crippen molar-refractivity contribution in [2.24, 2.45) is 0 Å². The number of nitrogens with one attached hydrogen (secondary N) is 1. The van der Waals surface area contributed by atoms with Gasteiger partial charge in [-0.25, -0.2) is 0 Å². The maximum absolute atomic E-state index is 13.0. The van der Waals surface area contributed by atoms with E-state index in [1.54, 1.807) is 0 Å². The topological polar surface area (TPSA) is 55.9 Å². The Kier molecular flexibility index (Phi) is 6.72. The van der Waals surface area contributed by atoms with Crippen LogP contribution in [0, 0.1) is 0 Å². The highest BCUT2D eigenvalue weighted by Crippen LogP contribution is 2.21. The number of piperazine rings is 1. The first kappa shape index (κ1) is 19.7. The van der Waals surface area contributed by atoms with Crippen molar-refractivity contribution in [3.63, 3.8) is 0 Å². The van der Waals surface area contributed by atoms with E-state index in [1.807, 2.05) is 34.1 Å². The monoisotopic (exact) mass is 372 g/mol. The molecule has 0 aliphatic carbocycles. The molecule has 0 aromatic heterocycles. The molecule has 0 saturated carbocycles. The number of carbonyl (C=O) groups is 2. The van der Waals surface area contributed by atoms with Crippen molar-refractivity contribution < 1.29 is 9.59 Å². The SMILES string of the molecule is CCCCN(C)c1ccc(C(=O)N2CCCC(N3CCNCC3=O)C2)cc1. The zero-order valence-corrected chi connectivity index (χ0v) is 16.6. The lowest BCUT2D eigenvalue weighted by molar-refractivity contribution is -0.135. The Morgan fingerprint density at radius 1 is 1.26 bits per heavy atom. The molecular weight excluding hydrogens is 340 g/mol. The maximum Gasteiger partial charge on any atom is 0.253 e. The van der Waals surface area contributed by atoms with Crippen LogP contribution in [0.3, 0.4) is 0 Å². The predicted molar refractivity (Wildman–Crippen MR) is 108 cm³/mol. The lowest BCUT2D eigenvalue weighted by Gasteiger charge is -2.41. The molecule has 1 aromatic rings. The van der Waals surface area contributed by atoms with Crippen LogP contribution in [0.15, 0.2) is 24.3 Å². The van der Waals surface area contributed by atoms with E-state index in [9.17, 15) is 9.59 Å². The molecule has 1 N–H and O–H groups in total. The first-order valence-corrected chi connectivity index (χ1v) is 10.2. The van der Waals surface area contributed by atoms with Gasteiger partial charge >= 0.3 is 0 Å². The Morgan fingerprint density at radius 2 is 2.04 bits per heavy atom. The second-order valence-electron chi connectivity index (χ2n) is 7.63. The number of anilines is 1. The molecule has 148 valence electrons. The molecule has 3 rings (SSSR count). The van der Waals surface area contributed by atoms with Crippen LogP contribution >= 0.6 is 0 Å². The van der Waals surface area contributed by atoms with E-state index < -0.39 is 0 Å². The van der Waals surface area contributed by atoms with Crippen LogP contribution in [0.2, 0.25) is 0 Å². The highest BCUT2D eigenvalue weighted by atomic mass is 16.2. The number of rotatable bonds is 6. The average Bonchev–Trinajstić information content (AvgIpc) is 2.72. The van der Waals surface area contributed by atoms with Crippen LogP contribution in [0.4, 0.5) is 5.69 Å². The Hall–Kier alpha value is -2.08. The highest BCUT2D eigenvalue weighted by Gasteiger charge is 2.31. The van der Waals surface area contributed by atoms with E-state index in [4.69, 9.17) is 0 Å². The van der Waals surface area contributed by atoms with Gasteiger partial charge in [0.05, 0.1) is 6.54 Å². The van der Waals surface area contributed by atoms with Crippen molar-refractivity contribution in [1.29, 1.82) is 0 Å². The summed E-state index contributed by atoms with van der Waals surface area (Å²) in [6.45, 7) is 6.62. The molecule has 2 fully saturated rings. The molecule has 2 amide bonds. The predicted octanol–water partition coefficient (Wildman–Crippen LogP) is 1.96. The zero-order valence-electron chi connectivity index (χ0n) is 16.6. The van der Waals surface area contributed by atoms with E-state index >= 15 is 0 Å². The molecule has 2 aliphatic heterocycles. The number of benzene rings is 1. The summed E-state index contributed by atoms with van der Waals surface area (Å²) in [6.07, 6.45) is 4.27. The van der Waals surface area contributed by atoms with Gasteiger partial charge in [-0.05, 0) is 43.5 Å². The molecule has 2 aliphatic rings. The number of amides is 2. The maximum atomic E-state index is 13.0. The number of carbonyl (C=O) groups excluding carboxylic acids is 2. The second kappa shape index (κ2) is 9.22. The zero-order chi connectivity index (χ0) is 19.2. The van der Waals surface area contributed by atoms with Gasteiger partial charge in [-0.2, -0.15) is 0 Å². The lowest BCUT2D eigenvalue weighted by Crippen LogP contribution is -2.57. The van der Waals surface area contributed by atoms with Gasteiger partial charge in [0.2, 0.25) is 5.91 Å². The smallest absolute Gasteiger partial charge is 0.253 e. The molecular formula is C21H32N4O2. The number of hydrogen-bond acceptors (Lipinski definition) is 4. The quantitative estimate of drug-likeness (QED) is 0.829. The van der Waals surface area contributed by atoms with Crippen molar-refractivity contribution in [3.05, 3.63) is 29.8 Å². The fraction of sp³-hybridized carbons (Fsp3) is 0.619. The molecule has 6 heteroatoms. The first-order valence-electron chi connectivity index (χ1n) is 10.2. The third-order valence-electron chi connectivity index (χ3n) is 5.65. The third kappa shape index (κ3) is 4.80. The summed E-state index contributed by atoms with van der Waals surface area (Å²) in [7, 11) is 2.09. The van der Waals surface area contributed by atoms with Crippen LogP contribution < -0.4 is 10.2 Å². The van der Waals surface area contributed by atoms with Crippen molar-refractivity contribution in [2.75, 3.05) is 51.2 Å². The Bertz CT molecular complexity index is 646. The summed E-state index contributed by atoms with van der Waals surface area (Å²) in [5.74, 6) is 0.227. The van der Waals surface area contributed by atoms with E-state index in [0.717, 1.165) is 56.7 Å². The minimum Gasteiger partial charge on any atom is -0.375 e. The van der Waals surface area contributed by atoms with E-state index in [-0.39, 0.29) is 17.9 Å². The molecule has 1 unspecified atom stereocenters. The van der Waals surface area contributed by atoms with Crippen LogP contribution in [-0.2, 0) is 4.79 Å². The Labute approximate surface area is 162 Å². The Balaban J connectivity index is 1.62. The number of hydrogen-bond donors (Lipinski definition) is 1. The minimum absolute atomic E-state index is 0.0741. The summed E-state index contributed by atoms with van der Waals surface area (Å²) >= 11 is 0. The first-order chi connectivity index (χ1) is 13.1. The van der Waals surface area contributed by atoms with Gasteiger partial charge in [0.25, 0.3) is 5.91 Å². The van der Waals surface area contributed by atoms with Crippen molar-refractivity contribution in [2.45, 2.75) is 38.6 Å². The molecule has 0 bridgehead atoms. The number of unbranched alkanes of at least 4 members (excludes halogenated alkanes) is 1. The standard InChI is InChI=1S/C21H32N4O2/c1-3-4-12-23(2)18-9-7-17(8-10-18)21(27)24-13-5-6-19(16-24)25-14-11-22-15-20(25)26/h7-10,19,22H,3-6,11-16H2,1-2H3. The van der Waals surface area contributed by atoms with Gasteiger partial charge in [0.1, 0.15) is 0 Å².